The number of Topliss-reactive ketones (excluding diaryl/α,β-unsaturated/α-hetero) is 1. The van der Waals surface area contributed by atoms with Gasteiger partial charge in [-0.3, -0.25) is 9.59 Å². The summed E-state index contributed by atoms with van der Waals surface area (Å²) in [6, 6.07) is 9.36. The summed E-state index contributed by atoms with van der Waals surface area (Å²) < 4.78 is 22.1. The Morgan fingerprint density at radius 2 is 1.62 bits per heavy atom. The zero-order chi connectivity index (χ0) is 27.1. The number of amides is 1. The molecule has 2 aromatic carbocycles. The predicted molar refractivity (Wildman–Crippen MR) is 141 cm³/mol. The molecule has 1 fully saturated rings. The Morgan fingerprint density at radius 3 is 2.14 bits per heavy atom. The van der Waals surface area contributed by atoms with Gasteiger partial charge in [0.2, 0.25) is 5.75 Å². The van der Waals surface area contributed by atoms with Crippen LogP contribution in [0.25, 0.3) is 5.76 Å². The summed E-state index contributed by atoms with van der Waals surface area (Å²) in [5.74, 6) is 0.148. The van der Waals surface area contributed by atoms with Crippen molar-refractivity contribution in [1.29, 1.82) is 0 Å². The zero-order valence-electron chi connectivity index (χ0n) is 22.4. The van der Waals surface area contributed by atoms with Gasteiger partial charge in [0, 0.05) is 12.1 Å². The maximum absolute atomic E-state index is 13.3. The lowest BCUT2D eigenvalue weighted by atomic mass is 9.94. The lowest BCUT2D eigenvalue weighted by molar-refractivity contribution is -0.139. The van der Waals surface area contributed by atoms with Crippen molar-refractivity contribution in [3.05, 3.63) is 53.1 Å². The molecule has 2 aromatic rings. The summed E-state index contributed by atoms with van der Waals surface area (Å²) in [5.41, 5.74) is 0.974. The molecule has 0 aliphatic carbocycles. The number of hydrogen-bond acceptors (Lipinski definition) is 8. The molecular formula is C28H36N2O7. The van der Waals surface area contributed by atoms with Crippen molar-refractivity contribution in [2.45, 2.75) is 25.8 Å². The van der Waals surface area contributed by atoms with Crippen LogP contribution in [0.2, 0.25) is 0 Å². The standard InChI is InChI=1S/C28H36N2O7/c1-7-15-37-20-11-9-18(10-12-20)25(31)23-24(30(28(33)26(23)32)14-8-13-29(2)3)19-16-21(34-4)27(36-6)22(17-19)35-5/h9-12,16-17,24,31H,7-8,13-15H2,1-6H3/b25-23+/t24-/m1/s1. The fourth-order valence-corrected chi connectivity index (χ4v) is 4.36. The van der Waals surface area contributed by atoms with Crippen molar-refractivity contribution in [3.8, 4) is 23.0 Å². The Hall–Kier alpha value is -3.72. The second kappa shape index (κ2) is 12.5. The maximum Gasteiger partial charge on any atom is 0.295 e. The van der Waals surface area contributed by atoms with E-state index in [1.54, 1.807) is 36.4 Å². The topological polar surface area (TPSA) is 97.8 Å². The fourth-order valence-electron chi connectivity index (χ4n) is 4.36. The molecule has 0 aromatic heterocycles. The molecule has 1 amide bonds. The smallest absolute Gasteiger partial charge is 0.295 e. The first-order valence-corrected chi connectivity index (χ1v) is 12.2. The van der Waals surface area contributed by atoms with Crippen molar-refractivity contribution >= 4 is 17.4 Å². The molecule has 200 valence electrons. The van der Waals surface area contributed by atoms with Crippen LogP contribution in [0.4, 0.5) is 0 Å². The SMILES string of the molecule is CCCOc1ccc(/C(O)=C2\C(=O)C(=O)N(CCCN(C)C)[C@@H]2c2cc(OC)c(OC)c(OC)c2)cc1. The van der Waals surface area contributed by atoms with E-state index in [-0.39, 0.29) is 11.3 Å². The number of ketones is 1. The summed E-state index contributed by atoms with van der Waals surface area (Å²) in [5, 5.41) is 11.3. The van der Waals surface area contributed by atoms with E-state index < -0.39 is 17.7 Å². The average molecular weight is 513 g/mol. The highest BCUT2D eigenvalue weighted by Gasteiger charge is 2.46. The van der Waals surface area contributed by atoms with Crippen LogP contribution in [-0.4, -0.2) is 81.7 Å². The lowest BCUT2D eigenvalue weighted by Gasteiger charge is -2.27. The van der Waals surface area contributed by atoms with Crippen molar-refractivity contribution < 1.29 is 33.6 Å². The van der Waals surface area contributed by atoms with Gasteiger partial charge in [0.15, 0.2) is 11.5 Å². The summed E-state index contributed by atoms with van der Waals surface area (Å²) in [7, 11) is 8.38. The third kappa shape index (κ3) is 5.99. The molecule has 1 N–H and O–H groups in total. The summed E-state index contributed by atoms with van der Waals surface area (Å²) >= 11 is 0. The summed E-state index contributed by atoms with van der Waals surface area (Å²) in [6.45, 7) is 3.64. The molecule has 0 bridgehead atoms. The Morgan fingerprint density at radius 1 is 1.00 bits per heavy atom. The average Bonchev–Trinajstić information content (AvgIpc) is 3.15. The van der Waals surface area contributed by atoms with Gasteiger partial charge in [-0.2, -0.15) is 0 Å². The van der Waals surface area contributed by atoms with E-state index in [0.717, 1.165) is 13.0 Å². The van der Waals surface area contributed by atoms with Gasteiger partial charge >= 0.3 is 0 Å². The van der Waals surface area contributed by atoms with E-state index in [1.807, 2.05) is 25.9 Å². The van der Waals surface area contributed by atoms with Gasteiger partial charge < -0.3 is 33.9 Å². The molecule has 1 heterocycles. The molecule has 0 saturated carbocycles. The molecule has 9 nitrogen and oxygen atoms in total. The van der Waals surface area contributed by atoms with Crippen LogP contribution in [-0.2, 0) is 9.59 Å². The van der Waals surface area contributed by atoms with Gasteiger partial charge in [0.1, 0.15) is 11.5 Å². The Bertz CT molecular complexity index is 1120. The molecule has 0 spiro atoms. The number of rotatable bonds is 12. The van der Waals surface area contributed by atoms with Crippen LogP contribution >= 0.6 is 0 Å². The second-order valence-corrected chi connectivity index (χ2v) is 8.98. The minimum Gasteiger partial charge on any atom is -0.507 e. The van der Waals surface area contributed by atoms with Crippen LogP contribution < -0.4 is 18.9 Å². The highest BCUT2D eigenvalue weighted by atomic mass is 16.5. The number of nitrogens with zero attached hydrogens (tertiary/aromatic N) is 2. The molecule has 0 radical (unpaired) electrons. The van der Waals surface area contributed by atoms with Crippen molar-refractivity contribution in [3.63, 3.8) is 0 Å². The molecular weight excluding hydrogens is 476 g/mol. The van der Waals surface area contributed by atoms with Gasteiger partial charge in [-0.05, 0) is 75.4 Å². The molecule has 0 unspecified atom stereocenters. The van der Waals surface area contributed by atoms with Gasteiger partial charge in [0.05, 0.1) is 39.6 Å². The summed E-state index contributed by atoms with van der Waals surface area (Å²) in [4.78, 5) is 30.0. The van der Waals surface area contributed by atoms with E-state index in [2.05, 4.69) is 0 Å². The highest BCUT2D eigenvalue weighted by molar-refractivity contribution is 6.46. The van der Waals surface area contributed by atoms with E-state index in [4.69, 9.17) is 18.9 Å². The van der Waals surface area contributed by atoms with Gasteiger partial charge in [-0.15, -0.1) is 0 Å². The normalized spacial score (nSPS) is 16.8. The number of aliphatic hydroxyl groups is 1. The first-order valence-electron chi connectivity index (χ1n) is 12.2. The molecule has 37 heavy (non-hydrogen) atoms. The minimum atomic E-state index is -0.841. The molecule has 1 atom stereocenters. The fraction of sp³-hybridized carbons (Fsp3) is 0.429. The lowest BCUT2D eigenvalue weighted by Crippen LogP contribution is -2.32. The van der Waals surface area contributed by atoms with E-state index in [0.29, 0.717) is 53.7 Å². The van der Waals surface area contributed by atoms with Crippen molar-refractivity contribution in [1.82, 2.24) is 9.80 Å². The quantitative estimate of drug-likeness (QED) is 0.260. The van der Waals surface area contributed by atoms with Crippen molar-refractivity contribution in [2.24, 2.45) is 0 Å². The molecule has 1 aliphatic rings. The number of benzene rings is 2. The van der Waals surface area contributed by atoms with Crippen LogP contribution in [0.3, 0.4) is 0 Å². The van der Waals surface area contributed by atoms with Gasteiger partial charge in [-0.25, -0.2) is 0 Å². The van der Waals surface area contributed by atoms with E-state index in [9.17, 15) is 14.7 Å². The first kappa shape index (κ1) is 27.9. The van der Waals surface area contributed by atoms with Crippen LogP contribution in [0.5, 0.6) is 23.0 Å². The molecule has 9 heteroatoms. The molecule has 3 rings (SSSR count). The number of hydrogen-bond donors (Lipinski definition) is 1. The zero-order valence-corrected chi connectivity index (χ0v) is 22.4. The monoisotopic (exact) mass is 512 g/mol. The molecule has 1 saturated heterocycles. The maximum atomic E-state index is 13.3. The number of carbonyl (C=O) groups excluding carboxylic acids is 2. The van der Waals surface area contributed by atoms with Crippen molar-refractivity contribution in [2.75, 3.05) is 55.1 Å². The summed E-state index contributed by atoms with van der Waals surface area (Å²) in [6.07, 6.45) is 1.51. The molecule has 1 aliphatic heterocycles. The Balaban J connectivity index is 2.15. The third-order valence-electron chi connectivity index (χ3n) is 6.15. The third-order valence-corrected chi connectivity index (χ3v) is 6.15. The van der Waals surface area contributed by atoms with Crippen LogP contribution in [0.15, 0.2) is 42.0 Å². The van der Waals surface area contributed by atoms with Crippen LogP contribution in [0.1, 0.15) is 36.9 Å². The predicted octanol–water partition coefficient (Wildman–Crippen LogP) is 3.87. The van der Waals surface area contributed by atoms with E-state index in [1.165, 1.54) is 26.2 Å². The number of likely N-dealkylation sites (tertiary alicyclic amines) is 1. The number of aliphatic hydroxyl groups excluding tert-OH is 1. The number of carbonyl (C=O) groups is 2. The Kier molecular flexibility index (Phi) is 9.41. The number of methoxy groups -OCH3 is 3. The van der Waals surface area contributed by atoms with E-state index >= 15 is 0 Å². The minimum absolute atomic E-state index is 0.00588. The second-order valence-electron chi connectivity index (χ2n) is 8.98. The number of ether oxygens (including phenoxy) is 4. The largest absolute Gasteiger partial charge is 0.507 e. The van der Waals surface area contributed by atoms with Crippen LogP contribution in [0, 0.1) is 0 Å². The van der Waals surface area contributed by atoms with Gasteiger partial charge in [-0.1, -0.05) is 6.92 Å². The Labute approximate surface area is 218 Å². The first-order chi connectivity index (χ1) is 17.8. The highest BCUT2D eigenvalue weighted by Crippen LogP contribution is 2.45. The van der Waals surface area contributed by atoms with Gasteiger partial charge in [0.25, 0.3) is 11.7 Å².